The number of carbonyl (C=O) groups is 1. The van der Waals surface area contributed by atoms with Gasteiger partial charge in [-0.05, 0) is 83.5 Å². The molecule has 1 saturated carbocycles. The molecule has 2 N–H and O–H groups in total. The fourth-order valence-electron chi connectivity index (χ4n) is 7.61. The van der Waals surface area contributed by atoms with Gasteiger partial charge in [0.25, 0.3) is 5.91 Å². The molecule has 10 nitrogen and oxygen atoms in total. The van der Waals surface area contributed by atoms with Crippen LogP contribution in [0.2, 0.25) is 0 Å². The van der Waals surface area contributed by atoms with Crippen LogP contribution in [-0.2, 0) is 17.9 Å². The average molecular weight is 693 g/mol. The van der Waals surface area contributed by atoms with Crippen LogP contribution < -0.4 is 9.64 Å². The van der Waals surface area contributed by atoms with E-state index in [1.165, 1.54) is 23.1 Å². The lowest BCUT2D eigenvalue weighted by Crippen LogP contribution is -2.56. The standard InChI is InChI=1S/C39H38F2N6O4/c40-26-15-29(31(20-48)35(16-26)47-11-12-51-36-14-25(24-2-3-24)13-32(41)37(36)39(47)49)28-5-6-42-38-30(28)17-34(44-38)33-4-1-23(18-43-33)19-45-7-9-46(10-8-45)27-21-50-22-27/h1,4-6,13-18,24,27,48H,2-3,7-12,19-22H2,(H,42,44). The highest BCUT2D eigenvalue weighted by Crippen LogP contribution is 2.44. The average Bonchev–Trinajstić information content (AvgIpc) is 3.90. The Labute approximate surface area is 293 Å². The van der Waals surface area contributed by atoms with Crippen LogP contribution in [-0.4, -0.2) is 94.4 Å². The molecular formula is C39H38F2N6O4. The monoisotopic (exact) mass is 692 g/mol. The van der Waals surface area contributed by atoms with Crippen LogP contribution in [0.15, 0.2) is 60.9 Å². The van der Waals surface area contributed by atoms with Gasteiger partial charge in [0.15, 0.2) is 0 Å². The number of nitrogens with one attached hydrogen (secondary N) is 1. The number of aromatic nitrogens is 3. The lowest BCUT2D eigenvalue weighted by molar-refractivity contribution is -0.0774. The van der Waals surface area contributed by atoms with E-state index in [1.807, 2.05) is 18.3 Å². The molecular weight excluding hydrogens is 654 g/mol. The van der Waals surface area contributed by atoms with Crippen molar-refractivity contribution in [2.75, 3.05) is 57.4 Å². The van der Waals surface area contributed by atoms with E-state index in [2.05, 4.69) is 25.8 Å². The van der Waals surface area contributed by atoms with Crippen molar-refractivity contribution in [1.29, 1.82) is 0 Å². The molecule has 0 spiro atoms. The van der Waals surface area contributed by atoms with Crippen molar-refractivity contribution in [3.8, 4) is 28.3 Å². The summed E-state index contributed by atoms with van der Waals surface area (Å²) in [5.74, 6) is -1.43. The number of fused-ring (bicyclic) bond motifs is 2. The van der Waals surface area contributed by atoms with Crippen LogP contribution in [0, 0.1) is 11.6 Å². The van der Waals surface area contributed by atoms with E-state index in [4.69, 9.17) is 14.5 Å². The van der Waals surface area contributed by atoms with E-state index in [-0.39, 0.29) is 36.1 Å². The van der Waals surface area contributed by atoms with E-state index in [1.54, 1.807) is 18.3 Å². The second-order valence-corrected chi connectivity index (χ2v) is 13.9. The van der Waals surface area contributed by atoms with Gasteiger partial charge in [0.2, 0.25) is 0 Å². The van der Waals surface area contributed by atoms with Gasteiger partial charge in [0, 0.05) is 56.1 Å². The van der Waals surface area contributed by atoms with Gasteiger partial charge in [0.05, 0.1) is 49.5 Å². The summed E-state index contributed by atoms with van der Waals surface area (Å²) in [5.41, 5.74) is 5.34. The molecule has 3 aromatic heterocycles. The number of rotatable bonds is 8. The minimum atomic E-state index is -0.663. The molecule has 0 atom stereocenters. The Kier molecular flexibility index (Phi) is 8.26. The van der Waals surface area contributed by atoms with Crippen LogP contribution in [0.25, 0.3) is 33.5 Å². The molecule has 0 unspecified atom stereocenters. The summed E-state index contributed by atoms with van der Waals surface area (Å²) in [5, 5.41) is 11.4. The largest absolute Gasteiger partial charge is 0.491 e. The van der Waals surface area contributed by atoms with Crippen molar-refractivity contribution >= 4 is 22.6 Å². The zero-order chi connectivity index (χ0) is 34.6. The van der Waals surface area contributed by atoms with Crippen LogP contribution in [0.3, 0.4) is 0 Å². The number of aromatic amines is 1. The highest BCUT2D eigenvalue weighted by atomic mass is 19.1. The number of aliphatic hydroxyl groups is 1. The van der Waals surface area contributed by atoms with Gasteiger partial charge in [-0.2, -0.15) is 0 Å². The van der Waals surface area contributed by atoms with Gasteiger partial charge in [0.1, 0.15) is 35.2 Å². The number of anilines is 1. The van der Waals surface area contributed by atoms with Crippen LogP contribution in [0.4, 0.5) is 14.5 Å². The molecule has 0 bridgehead atoms. The number of ether oxygens (including phenoxy) is 2. The Morgan fingerprint density at radius 1 is 0.941 bits per heavy atom. The van der Waals surface area contributed by atoms with Gasteiger partial charge in [-0.25, -0.2) is 13.8 Å². The van der Waals surface area contributed by atoms with Crippen molar-refractivity contribution in [3.05, 3.63) is 94.8 Å². The van der Waals surface area contributed by atoms with Gasteiger partial charge in [-0.15, -0.1) is 0 Å². The molecule has 9 rings (SSSR count). The fraction of sp³-hybridized carbons (Fsp3) is 0.359. The predicted octanol–water partition coefficient (Wildman–Crippen LogP) is 5.50. The van der Waals surface area contributed by atoms with Crippen molar-refractivity contribution < 1.29 is 28.2 Å². The fourth-order valence-corrected chi connectivity index (χ4v) is 7.61. The van der Waals surface area contributed by atoms with Crippen LogP contribution in [0.5, 0.6) is 5.75 Å². The molecule has 12 heteroatoms. The summed E-state index contributed by atoms with van der Waals surface area (Å²) in [7, 11) is 0. The first-order valence-electron chi connectivity index (χ1n) is 17.6. The number of H-pyrrole nitrogens is 1. The molecule has 2 aromatic carbocycles. The maximum absolute atomic E-state index is 15.5. The third-order valence-electron chi connectivity index (χ3n) is 10.7. The van der Waals surface area contributed by atoms with E-state index < -0.39 is 24.1 Å². The third-order valence-corrected chi connectivity index (χ3v) is 10.7. The number of benzene rings is 2. The maximum atomic E-state index is 15.5. The van der Waals surface area contributed by atoms with E-state index in [0.717, 1.165) is 81.3 Å². The minimum Gasteiger partial charge on any atom is -0.491 e. The number of piperazine rings is 1. The maximum Gasteiger partial charge on any atom is 0.265 e. The number of halogens is 2. The quantitative estimate of drug-likeness (QED) is 0.220. The SMILES string of the molecule is O=C1c2c(F)cc(C3CC3)cc2OCCN1c1cc(F)cc(-c2ccnc3[nH]c(-c4ccc(CN5CCN(C6COC6)CC5)cn4)cc23)c1CO. The van der Waals surface area contributed by atoms with Gasteiger partial charge in [-0.1, -0.05) is 6.07 Å². The predicted molar refractivity (Wildman–Crippen MR) is 188 cm³/mol. The molecule has 51 heavy (non-hydrogen) atoms. The summed E-state index contributed by atoms with van der Waals surface area (Å²) in [6.07, 6.45) is 5.48. The second kappa shape index (κ2) is 13.1. The summed E-state index contributed by atoms with van der Waals surface area (Å²) < 4.78 is 42.2. The first-order chi connectivity index (χ1) is 24.9. The number of amides is 1. The zero-order valence-corrected chi connectivity index (χ0v) is 28.1. The van der Waals surface area contributed by atoms with Gasteiger partial charge < -0.3 is 24.5 Å². The third kappa shape index (κ3) is 6.05. The lowest BCUT2D eigenvalue weighted by Gasteiger charge is -2.42. The van der Waals surface area contributed by atoms with Crippen LogP contribution in [0.1, 0.15) is 45.8 Å². The second-order valence-electron chi connectivity index (χ2n) is 13.9. The number of pyridine rings is 2. The normalized spacial score (nSPS) is 18.8. The van der Waals surface area contributed by atoms with Crippen molar-refractivity contribution in [1.82, 2.24) is 24.8 Å². The highest BCUT2D eigenvalue weighted by Gasteiger charge is 2.34. The molecule has 262 valence electrons. The van der Waals surface area contributed by atoms with Gasteiger partial charge >= 0.3 is 0 Å². The molecule has 3 aliphatic heterocycles. The molecule has 6 heterocycles. The van der Waals surface area contributed by atoms with Crippen LogP contribution >= 0.6 is 0 Å². The Morgan fingerprint density at radius 3 is 2.51 bits per heavy atom. The lowest BCUT2D eigenvalue weighted by atomic mass is 9.95. The molecule has 1 aliphatic carbocycles. The Bertz CT molecular complexity index is 2120. The number of aliphatic hydroxyl groups excluding tert-OH is 1. The zero-order valence-electron chi connectivity index (χ0n) is 28.1. The number of carbonyl (C=O) groups excluding carboxylic acids is 1. The number of hydrogen-bond acceptors (Lipinski definition) is 8. The Balaban J connectivity index is 0.999. The molecule has 1 amide bonds. The molecule has 2 saturated heterocycles. The first kappa shape index (κ1) is 32.2. The van der Waals surface area contributed by atoms with Crippen molar-refractivity contribution in [2.24, 2.45) is 0 Å². The molecule has 5 aromatic rings. The van der Waals surface area contributed by atoms with E-state index in [9.17, 15) is 9.90 Å². The Morgan fingerprint density at radius 2 is 1.78 bits per heavy atom. The van der Waals surface area contributed by atoms with Gasteiger partial charge in [-0.3, -0.25) is 19.6 Å². The summed E-state index contributed by atoms with van der Waals surface area (Å²) in [4.78, 5) is 32.8. The summed E-state index contributed by atoms with van der Waals surface area (Å²) in [6.45, 7) is 6.28. The topological polar surface area (TPSA) is 107 Å². The molecule has 0 radical (unpaired) electrons. The molecule has 3 fully saturated rings. The molecule has 4 aliphatic rings. The highest BCUT2D eigenvalue weighted by molar-refractivity contribution is 6.09. The van der Waals surface area contributed by atoms with Crippen molar-refractivity contribution in [2.45, 2.75) is 38.0 Å². The van der Waals surface area contributed by atoms with E-state index >= 15 is 8.78 Å². The Hall–Kier alpha value is -4.75. The summed E-state index contributed by atoms with van der Waals surface area (Å²) in [6, 6.07) is 14.0. The first-order valence-corrected chi connectivity index (χ1v) is 17.6. The number of nitrogens with zero attached hydrogens (tertiary/aromatic N) is 5. The summed E-state index contributed by atoms with van der Waals surface area (Å²) >= 11 is 0. The van der Waals surface area contributed by atoms with Crippen molar-refractivity contribution in [3.63, 3.8) is 0 Å². The van der Waals surface area contributed by atoms with E-state index in [0.29, 0.717) is 33.8 Å². The minimum absolute atomic E-state index is 0.0510. The smallest absolute Gasteiger partial charge is 0.265 e. The number of hydrogen-bond donors (Lipinski definition) is 2.